The SMILES string of the molecule is C=CC(=O)N(C)CCOc1ccc2ncnc(Nc3ccc(Oc4ccc5c(c4)ncn5C)c(C)c3)c2n1. The molecule has 1 amide bonds. The summed E-state index contributed by atoms with van der Waals surface area (Å²) >= 11 is 0. The zero-order valence-corrected chi connectivity index (χ0v) is 21.4. The zero-order chi connectivity index (χ0) is 26.6. The number of imidazole rings is 1. The van der Waals surface area contributed by atoms with Crippen molar-refractivity contribution in [2.24, 2.45) is 7.05 Å². The van der Waals surface area contributed by atoms with Crippen molar-refractivity contribution < 1.29 is 14.3 Å². The number of aryl methyl sites for hydroxylation is 2. The highest BCUT2D eigenvalue weighted by molar-refractivity contribution is 5.87. The van der Waals surface area contributed by atoms with Crippen LogP contribution in [0.1, 0.15) is 5.56 Å². The van der Waals surface area contributed by atoms with Gasteiger partial charge in [0.2, 0.25) is 11.8 Å². The van der Waals surface area contributed by atoms with Crippen LogP contribution in [0.4, 0.5) is 11.5 Å². The van der Waals surface area contributed by atoms with Gasteiger partial charge in [-0.2, -0.15) is 0 Å². The zero-order valence-electron chi connectivity index (χ0n) is 21.4. The fraction of sp³-hybridized carbons (Fsp3) is 0.179. The lowest BCUT2D eigenvalue weighted by Crippen LogP contribution is -2.29. The van der Waals surface area contributed by atoms with Gasteiger partial charge in [-0.05, 0) is 55.0 Å². The highest BCUT2D eigenvalue weighted by atomic mass is 16.5. The van der Waals surface area contributed by atoms with Crippen LogP contribution >= 0.6 is 0 Å². The summed E-state index contributed by atoms with van der Waals surface area (Å²) in [4.78, 5) is 30.8. The number of hydrogen-bond acceptors (Lipinski definition) is 8. The second kappa shape index (κ2) is 10.6. The molecule has 0 saturated heterocycles. The van der Waals surface area contributed by atoms with Crippen LogP contribution in [0.15, 0.2) is 73.8 Å². The van der Waals surface area contributed by atoms with Gasteiger partial charge in [-0.3, -0.25) is 4.79 Å². The lowest BCUT2D eigenvalue weighted by Gasteiger charge is -2.15. The van der Waals surface area contributed by atoms with Crippen LogP contribution in [0.5, 0.6) is 17.4 Å². The molecule has 10 heteroatoms. The maximum Gasteiger partial charge on any atom is 0.245 e. The van der Waals surface area contributed by atoms with E-state index in [1.807, 2.05) is 61.0 Å². The normalized spacial score (nSPS) is 10.9. The van der Waals surface area contributed by atoms with E-state index in [4.69, 9.17) is 9.47 Å². The molecule has 192 valence electrons. The van der Waals surface area contributed by atoms with Gasteiger partial charge in [-0.25, -0.2) is 19.9 Å². The number of carbonyl (C=O) groups excluding carboxylic acids is 1. The number of anilines is 2. The minimum atomic E-state index is -0.166. The quantitative estimate of drug-likeness (QED) is 0.283. The van der Waals surface area contributed by atoms with E-state index < -0.39 is 0 Å². The average Bonchev–Trinajstić information content (AvgIpc) is 3.29. The van der Waals surface area contributed by atoms with Gasteiger partial charge in [0, 0.05) is 31.9 Å². The molecule has 38 heavy (non-hydrogen) atoms. The molecule has 0 atom stereocenters. The Morgan fingerprint density at radius 1 is 1.11 bits per heavy atom. The molecule has 0 unspecified atom stereocenters. The van der Waals surface area contributed by atoms with Gasteiger partial charge in [-0.15, -0.1) is 0 Å². The van der Waals surface area contributed by atoms with Crippen molar-refractivity contribution in [1.29, 1.82) is 0 Å². The largest absolute Gasteiger partial charge is 0.476 e. The molecule has 3 aromatic heterocycles. The Kier molecular flexibility index (Phi) is 6.86. The van der Waals surface area contributed by atoms with Crippen LogP contribution in [0.25, 0.3) is 22.1 Å². The van der Waals surface area contributed by atoms with E-state index in [0.717, 1.165) is 33.8 Å². The number of nitrogens with one attached hydrogen (secondary N) is 1. The van der Waals surface area contributed by atoms with Crippen LogP contribution in [0.2, 0.25) is 0 Å². The predicted molar refractivity (Wildman–Crippen MR) is 146 cm³/mol. The lowest BCUT2D eigenvalue weighted by molar-refractivity contribution is -0.125. The Hall–Kier alpha value is -4.99. The molecule has 5 aromatic rings. The van der Waals surface area contributed by atoms with Crippen molar-refractivity contribution in [2.75, 3.05) is 25.5 Å². The number of likely N-dealkylation sites (N-methyl/N-ethyl adjacent to an activating group) is 1. The smallest absolute Gasteiger partial charge is 0.245 e. The minimum Gasteiger partial charge on any atom is -0.476 e. The van der Waals surface area contributed by atoms with E-state index in [1.54, 1.807) is 19.4 Å². The van der Waals surface area contributed by atoms with Gasteiger partial charge in [-0.1, -0.05) is 6.58 Å². The van der Waals surface area contributed by atoms with Crippen LogP contribution in [-0.2, 0) is 11.8 Å². The number of amides is 1. The van der Waals surface area contributed by atoms with Gasteiger partial charge >= 0.3 is 0 Å². The molecule has 0 spiro atoms. The molecule has 1 N–H and O–H groups in total. The van der Waals surface area contributed by atoms with Crippen molar-refractivity contribution in [1.82, 2.24) is 29.4 Å². The van der Waals surface area contributed by atoms with Crippen molar-refractivity contribution >= 4 is 39.5 Å². The van der Waals surface area contributed by atoms with Gasteiger partial charge in [0.05, 0.1) is 29.4 Å². The first-order chi connectivity index (χ1) is 18.4. The summed E-state index contributed by atoms with van der Waals surface area (Å²) in [5.74, 6) is 2.26. The minimum absolute atomic E-state index is 0.166. The Bertz CT molecular complexity index is 1650. The molecule has 3 heterocycles. The third kappa shape index (κ3) is 5.24. The van der Waals surface area contributed by atoms with Crippen LogP contribution < -0.4 is 14.8 Å². The molecule has 0 aliphatic carbocycles. The summed E-state index contributed by atoms with van der Waals surface area (Å²) in [6, 6.07) is 15.2. The first kappa shape index (κ1) is 24.7. The number of nitrogens with zero attached hydrogens (tertiary/aromatic N) is 6. The van der Waals surface area contributed by atoms with E-state index in [1.165, 1.54) is 17.3 Å². The topological polar surface area (TPSA) is 107 Å². The first-order valence-corrected chi connectivity index (χ1v) is 12.0. The molecule has 0 fully saturated rings. The van der Waals surface area contributed by atoms with Crippen molar-refractivity contribution in [3.05, 3.63) is 79.4 Å². The monoisotopic (exact) mass is 509 g/mol. The first-order valence-electron chi connectivity index (χ1n) is 12.0. The summed E-state index contributed by atoms with van der Waals surface area (Å²) in [6.45, 7) is 6.17. The summed E-state index contributed by atoms with van der Waals surface area (Å²) in [6.07, 6.45) is 4.54. The summed E-state index contributed by atoms with van der Waals surface area (Å²) < 4.78 is 13.9. The number of pyridine rings is 1. The Labute approximate surface area is 219 Å². The third-order valence-electron chi connectivity index (χ3n) is 6.05. The van der Waals surface area contributed by atoms with E-state index >= 15 is 0 Å². The molecule has 0 saturated carbocycles. The molecule has 5 rings (SSSR count). The highest BCUT2D eigenvalue weighted by Gasteiger charge is 2.11. The van der Waals surface area contributed by atoms with E-state index in [9.17, 15) is 4.79 Å². The van der Waals surface area contributed by atoms with E-state index in [-0.39, 0.29) is 5.91 Å². The molecule has 0 radical (unpaired) electrons. The number of ether oxygens (including phenoxy) is 2. The Balaban J connectivity index is 1.31. The predicted octanol–water partition coefficient (Wildman–Crippen LogP) is 4.78. The molecular formula is C28H27N7O3. The van der Waals surface area contributed by atoms with E-state index in [0.29, 0.717) is 35.9 Å². The van der Waals surface area contributed by atoms with Crippen LogP contribution in [0, 0.1) is 6.92 Å². The molecule has 0 bridgehead atoms. The van der Waals surface area contributed by atoms with Gasteiger partial charge in [0.15, 0.2) is 5.82 Å². The third-order valence-corrected chi connectivity index (χ3v) is 6.05. The fourth-order valence-corrected chi connectivity index (χ4v) is 3.93. The van der Waals surface area contributed by atoms with E-state index in [2.05, 4.69) is 31.8 Å². The number of aromatic nitrogens is 5. The lowest BCUT2D eigenvalue weighted by atomic mass is 10.2. The number of benzene rings is 2. The molecule has 10 nitrogen and oxygen atoms in total. The van der Waals surface area contributed by atoms with Crippen molar-refractivity contribution in [2.45, 2.75) is 6.92 Å². The van der Waals surface area contributed by atoms with Gasteiger partial charge in [0.25, 0.3) is 0 Å². The maximum absolute atomic E-state index is 11.6. The number of hydrogen-bond donors (Lipinski definition) is 1. The number of rotatable bonds is 9. The standard InChI is InChI=1S/C28H27N7O3/c1-5-26(36)34(3)12-13-37-25-11-8-21-27(33-25)28(30-16-29-21)32-19-6-10-24(18(2)14-19)38-20-7-9-23-22(15-20)31-17-35(23)4/h5-11,14-17H,1,12-13H2,2-4H3,(H,29,30,32). The van der Waals surface area contributed by atoms with Crippen molar-refractivity contribution in [3.8, 4) is 17.4 Å². The fourth-order valence-electron chi connectivity index (χ4n) is 3.93. The second-order valence-electron chi connectivity index (χ2n) is 8.77. The maximum atomic E-state index is 11.6. The second-order valence-corrected chi connectivity index (χ2v) is 8.77. The average molecular weight is 510 g/mol. The number of fused-ring (bicyclic) bond motifs is 2. The van der Waals surface area contributed by atoms with Gasteiger partial charge < -0.3 is 24.3 Å². The van der Waals surface area contributed by atoms with Crippen LogP contribution in [-0.4, -0.2) is 55.5 Å². The Morgan fingerprint density at radius 2 is 1.97 bits per heavy atom. The van der Waals surface area contributed by atoms with Gasteiger partial charge in [0.1, 0.15) is 29.9 Å². The molecule has 2 aromatic carbocycles. The Morgan fingerprint density at radius 3 is 2.79 bits per heavy atom. The molecule has 0 aliphatic rings. The summed E-state index contributed by atoms with van der Waals surface area (Å²) in [5.41, 5.74) is 4.95. The summed E-state index contributed by atoms with van der Waals surface area (Å²) in [7, 11) is 3.65. The van der Waals surface area contributed by atoms with Crippen molar-refractivity contribution in [3.63, 3.8) is 0 Å². The highest BCUT2D eigenvalue weighted by Crippen LogP contribution is 2.31. The number of carbonyl (C=O) groups is 1. The summed E-state index contributed by atoms with van der Waals surface area (Å²) in [5, 5.41) is 3.33. The molecular weight excluding hydrogens is 482 g/mol. The molecule has 0 aliphatic heterocycles. The van der Waals surface area contributed by atoms with Crippen LogP contribution in [0.3, 0.4) is 0 Å².